The molecule has 2 aromatic heterocycles. The molecule has 8 heteroatoms. The molecule has 1 aliphatic rings. The van der Waals surface area contributed by atoms with Gasteiger partial charge >= 0.3 is 0 Å². The van der Waals surface area contributed by atoms with Crippen molar-refractivity contribution in [3.63, 3.8) is 0 Å². The Morgan fingerprint density at radius 3 is 2.76 bits per heavy atom. The van der Waals surface area contributed by atoms with E-state index in [0.29, 0.717) is 28.3 Å². The number of aromatic nitrogens is 2. The molecule has 3 N–H and O–H groups in total. The average Bonchev–Trinajstić information content (AvgIpc) is 2.83. The van der Waals surface area contributed by atoms with Crippen LogP contribution in [0.2, 0.25) is 0 Å². The first-order valence-electron chi connectivity index (χ1n) is 8.25. The molecular formula is C17H23N5O2S. The first-order chi connectivity index (χ1) is 11.8. The lowest BCUT2D eigenvalue weighted by molar-refractivity contribution is 0.101. The summed E-state index contributed by atoms with van der Waals surface area (Å²) in [5, 5.41) is 2.84. The van der Waals surface area contributed by atoms with Crippen LogP contribution in [0.4, 0.5) is 5.69 Å². The van der Waals surface area contributed by atoms with Crippen molar-refractivity contribution in [3.05, 3.63) is 42.0 Å². The van der Waals surface area contributed by atoms with Gasteiger partial charge in [0, 0.05) is 42.9 Å². The van der Waals surface area contributed by atoms with Crippen molar-refractivity contribution in [2.24, 2.45) is 13.0 Å². The van der Waals surface area contributed by atoms with Crippen LogP contribution in [-0.4, -0.2) is 25.7 Å². The summed E-state index contributed by atoms with van der Waals surface area (Å²) in [4.78, 5) is 17.1. The van der Waals surface area contributed by atoms with Crippen molar-refractivity contribution in [1.29, 1.82) is 4.78 Å². The number of aryl methyl sites for hydroxylation is 1. The zero-order valence-electron chi connectivity index (χ0n) is 14.6. The molecule has 1 unspecified atom stereocenters. The summed E-state index contributed by atoms with van der Waals surface area (Å²) in [6.07, 6.45) is 6.20. The zero-order chi connectivity index (χ0) is 18.2. The maximum Gasteiger partial charge on any atom is 0.272 e. The van der Waals surface area contributed by atoms with Crippen LogP contribution in [0.25, 0.3) is 0 Å². The topological polar surface area (TPSA) is 99.9 Å². The van der Waals surface area contributed by atoms with Crippen LogP contribution in [0.3, 0.4) is 0 Å². The van der Waals surface area contributed by atoms with Crippen molar-refractivity contribution >= 4 is 21.5 Å². The van der Waals surface area contributed by atoms with Crippen molar-refractivity contribution in [2.75, 3.05) is 5.32 Å². The summed E-state index contributed by atoms with van der Waals surface area (Å²) in [5.74, 6) is -0.00817. The number of hydrogen-bond acceptors (Lipinski definition) is 4. The quantitative estimate of drug-likeness (QED) is 0.783. The van der Waals surface area contributed by atoms with Gasteiger partial charge in [0.15, 0.2) is 0 Å². The van der Waals surface area contributed by atoms with Gasteiger partial charge in [-0.25, -0.2) is 13.7 Å². The Kier molecular flexibility index (Phi) is 4.66. The van der Waals surface area contributed by atoms with Crippen LogP contribution >= 0.6 is 0 Å². The number of rotatable bonds is 3. The van der Waals surface area contributed by atoms with Crippen LogP contribution in [-0.2, 0) is 23.4 Å². The molecule has 2 aromatic rings. The third-order valence-corrected chi connectivity index (χ3v) is 6.14. The molecule has 0 spiro atoms. The third-order valence-electron chi connectivity index (χ3n) is 4.54. The maximum atomic E-state index is 12.9. The van der Waals surface area contributed by atoms with E-state index in [1.165, 1.54) is 0 Å². The predicted molar refractivity (Wildman–Crippen MR) is 96.8 cm³/mol. The van der Waals surface area contributed by atoms with E-state index in [1.54, 1.807) is 42.3 Å². The molecule has 134 valence electrons. The van der Waals surface area contributed by atoms with Crippen molar-refractivity contribution in [3.8, 4) is 0 Å². The number of pyridine rings is 1. The Morgan fingerprint density at radius 1 is 1.44 bits per heavy atom. The number of nitrogens with one attached hydrogen (secondary N) is 3. The van der Waals surface area contributed by atoms with Gasteiger partial charge in [0.05, 0.1) is 4.90 Å². The number of carbonyl (C=O) groups excluding carboxylic acids is 1. The molecule has 3 rings (SSSR count). The molecular weight excluding hydrogens is 338 g/mol. The summed E-state index contributed by atoms with van der Waals surface area (Å²) >= 11 is 0. The lowest BCUT2D eigenvalue weighted by atomic mass is 9.97. The van der Waals surface area contributed by atoms with E-state index in [0.717, 1.165) is 6.42 Å². The Hall–Kier alpha value is -2.19. The maximum absolute atomic E-state index is 12.9. The molecule has 7 nitrogen and oxygen atoms in total. The fraction of sp³-hybridized carbons (Fsp3) is 0.412. The van der Waals surface area contributed by atoms with E-state index in [4.69, 9.17) is 4.78 Å². The number of nitrogens with zero attached hydrogens (tertiary/aromatic N) is 2. The zero-order valence-corrected chi connectivity index (χ0v) is 15.4. The molecule has 3 heterocycles. The summed E-state index contributed by atoms with van der Waals surface area (Å²) in [6.45, 7) is 4.08. The van der Waals surface area contributed by atoms with Gasteiger partial charge in [0.25, 0.3) is 5.91 Å². The molecule has 0 aliphatic carbocycles. The highest BCUT2D eigenvalue weighted by molar-refractivity contribution is 7.90. The number of carbonyl (C=O) groups is 1. The second kappa shape index (κ2) is 6.61. The first kappa shape index (κ1) is 17.6. The predicted octanol–water partition coefficient (Wildman–Crippen LogP) is 2.55. The summed E-state index contributed by atoms with van der Waals surface area (Å²) in [5.41, 5.74) is 1.80. The minimum absolute atomic E-state index is 0.0150. The van der Waals surface area contributed by atoms with Crippen LogP contribution < -0.4 is 10.0 Å². The number of fused-ring (bicyclic) bond motifs is 1. The number of amides is 1. The van der Waals surface area contributed by atoms with Crippen LogP contribution in [0.15, 0.2) is 35.6 Å². The molecule has 1 aliphatic heterocycles. The van der Waals surface area contributed by atoms with Gasteiger partial charge in [0.2, 0.25) is 0 Å². The fourth-order valence-corrected chi connectivity index (χ4v) is 4.96. The van der Waals surface area contributed by atoms with E-state index in [-0.39, 0.29) is 17.9 Å². The summed E-state index contributed by atoms with van der Waals surface area (Å²) in [6, 6.07) is 3.41. The van der Waals surface area contributed by atoms with Crippen molar-refractivity contribution < 1.29 is 9.00 Å². The Balaban J connectivity index is 1.99. The standard InChI is InChI=1S/C17H23N5O2S/c1-11(2)14-5-4-13-15(25(18,24)21-14)10-22(3)16(13)17(23)20-12-6-8-19-9-7-12/h6-11,14H,4-5H2,1-3H3,(H2,18,21,24)(H,19,20,23)/t14-,25?/m0/s1. The smallest absolute Gasteiger partial charge is 0.272 e. The lowest BCUT2D eigenvalue weighted by Crippen LogP contribution is -2.36. The van der Waals surface area contributed by atoms with Crippen molar-refractivity contribution in [1.82, 2.24) is 14.3 Å². The molecule has 0 aromatic carbocycles. The molecule has 25 heavy (non-hydrogen) atoms. The SMILES string of the molecule is CC(C)[C@@H]1CCc2c(cn(C)c2C(=O)Nc2ccncc2)S(=N)(=O)N1. The van der Waals surface area contributed by atoms with Crippen LogP contribution in [0.1, 0.15) is 36.3 Å². The van der Waals surface area contributed by atoms with E-state index < -0.39 is 9.92 Å². The normalized spacial score (nSPS) is 23.1. The van der Waals surface area contributed by atoms with E-state index >= 15 is 0 Å². The highest BCUT2D eigenvalue weighted by Crippen LogP contribution is 2.29. The first-order valence-corrected chi connectivity index (χ1v) is 9.81. The van der Waals surface area contributed by atoms with Gasteiger partial charge in [-0.2, -0.15) is 0 Å². The molecule has 0 radical (unpaired) electrons. The van der Waals surface area contributed by atoms with Crippen molar-refractivity contribution in [2.45, 2.75) is 37.6 Å². The summed E-state index contributed by atoms with van der Waals surface area (Å²) < 4.78 is 25.9. The molecule has 1 amide bonds. The minimum Gasteiger partial charge on any atom is -0.345 e. The van der Waals surface area contributed by atoms with Crippen LogP contribution in [0, 0.1) is 10.7 Å². The second-order valence-electron chi connectivity index (χ2n) is 6.68. The summed E-state index contributed by atoms with van der Waals surface area (Å²) in [7, 11) is -1.40. The largest absolute Gasteiger partial charge is 0.345 e. The third kappa shape index (κ3) is 3.45. The minimum atomic E-state index is -3.14. The average molecular weight is 361 g/mol. The molecule has 0 saturated carbocycles. The molecule has 0 bridgehead atoms. The Bertz CT molecular complexity index is 887. The van der Waals surface area contributed by atoms with Gasteiger partial charge in [-0.15, -0.1) is 0 Å². The van der Waals surface area contributed by atoms with Gasteiger partial charge in [-0.05, 0) is 30.9 Å². The van der Waals surface area contributed by atoms with E-state index in [2.05, 4.69) is 15.0 Å². The second-order valence-corrected chi connectivity index (χ2v) is 8.47. The van der Waals surface area contributed by atoms with Crippen LogP contribution in [0.5, 0.6) is 0 Å². The number of anilines is 1. The molecule has 0 saturated heterocycles. The fourth-order valence-electron chi connectivity index (χ4n) is 3.16. The number of hydrogen-bond donors (Lipinski definition) is 3. The van der Waals surface area contributed by atoms with Gasteiger partial charge in [0.1, 0.15) is 15.6 Å². The Labute approximate surface area is 148 Å². The molecule has 0 fully saturated rings. The monoisotopic (exact) mass is 361 g/mol. The van der Waals surface area contributed by atoms with E-state index in [1.807, 2.05) is 13.8 Å². The highest BCUT2D eigenvalue weighted by Gasteiger charge is 2.31. The van der Waals surface area contributed by atoms with Gasteiger partial charge in [-0.1, -0.05) is 13.8 Å². The van der Waals surface area contributed by atoms with Gasteiger partial charge < -0.3 is 9.88 Å². The molecule has 2 atom stereocenters. The van der Waals surface area contributed by atoms with Gasteiger partial charge in [-0.3, -0.25) is 9.78 Å². The highest BCUT2D eigenvalue weighted by atomic mass is 32.2. The Morgan fingerprint density at radius 2 is 2.12 bits per heavy atom. The van der Waals surface area contributed by atoms with E-state index in [9.17, 15) is 9.00 Å². The lowest BCUT2D eigenvalue weighted by Gasteiger charge is -2.20.